The normalized spacial score (nSPS) is 14.8. The van der Waals surface area contributed by atoms with Crippen molar-refractivity contribution in [3.05, 3.63) is 24.3 Å². The first-order valence-electron chi connectivity index (χ1n) is 5.28. The molecule has 16 heavy (non-hydrogen) atoms. The van der Waals surface area contributed by atoms with E-state index in [2.05, 4.69) is 9.97 Å². The standard InChI is InChI=1S/C11H17N3O2/c1-4-10(11(15)16)14(3)8(2)9-7-12-5-6-13-9/h5-8,10H,4H2,1-3H3,(H,15,16). The average molecular weight is 223 g/mol. The maximum Gasteiger partial charge on any atom is 0.320 e. The predicted molar refractivity (Wildman–Crippen MR) is 59.9 cm³/mol. The summed E-state index contributed by atoms with van der Waals surface area (Å²) >= 11 is 0. The molecule has 5 heteroatoms. The van der Waals surface area contributed by atoms with Crippen LogP contribution in [0.1, 0.15) is 32.0 Å². The van der Waals surface area contributed by atoms with Gasteiger partial charge in [0.1, 0.15) is 6.04 Å². The molecule has 0 spiro atoms. The number of hydrogen-bond acceptors (Lipinski definition) is 4. The molecule has 0 bridgehead atoms. The van der Waals surface area contributed by atoms with Crippen LogP contribution in [0.4, 0.5) is 0 Å². The van der Waals surface area contributed by atoms with Crippen molar-refractivity contribution in [1.29, 1.82) is 0 Å². The largest absolute Gasteiger partial charge is 0.480 e. The van der Waals surface area contributed by atoms with Gasteiger partial charge in [-0.3, -0.25) is 19.7 Å². The Balaban J connectivity index is 2.81. The summed E-state index contributed by atoms with van der Waals surface area (Å²) in [5, 5.41) is 9.06. The first-order chi connectivity index (χ1) is 7.57. The van der Waals surface area contributed by atoms with Gasteiger partial charge in [-0.1, -0.05) is 6.92 Å². The second-order valence-electron chi connectivity index (χ2n) is 3.73. The molecule has 0 aliphatic heterocycles. The lowest BCUT2D eigenvalue weighted by molar-refractivity contribution is -0.143. The van der Waals surface area contributed by atoms with E-state index >= 15 is 0 Å². The van der Waals surface area contributed by atoms with Crippen molar-refractivity contribution in [3.8, 4) is 0 Å². The topological polar surface area (TPSA) is 66.3 Å². The van der Waals surface area contributed by atoms with Gasteiger partial charge in [-0.2, -0.15) is 0 Å². The van der Waals surface area contributed by atoms with Gasteiger partial charge in [-0.25, -0.2) is 0 Å². The molecule has 0 amide bonds. The zero-order chi connectivity index (χ0) is 12.1. The molecule has 0 radical (unpaired) electrons. The van der Waals surface area contributed by atoms with E-state index in [9.17, 15) is 4.79 Å². The van der Waals surface area contributed by atoms with Gasteiger partial charge in [0.2, 0.25) is 0 Å². The number of carboxylic acids is 1. The highest BCUT2D eigenvalue weighted by Crippen LogP contribution is 2.19. The van der Waals surface area contributed by atoms with Crippen LogP contribution >= 0.6 is 0 Å². The Morgan fingerprint density at radius 2 is 2.25 bits per heavy atom. The van der Waals surface area contributed by atoms with E-state index in [1.807, 2.05) is 13.8 Å². The van der Waals surface area contributed by atoms with Crippen molar-refractivity contribution >= 4 is 5.97 Å². The molecule has 1 heterocycles. The Labute approximate surface area is 95.1 Å². The van der Waals surface area contributed by atoms with Crippen molar-refractivity contribution in [1.82, 2.24) is 14.9 Å². The fraction of sp³-hybridized carbons (Fsp3) is 0.545. The maximum absolute atomic E-state index is 11.0. The molecule has 2 unspecified atom stereocenters. The fourth-order valence-electron chi connectivity index (χ4n) is 1.64. The lowest BCUT2D eigenvalue weighted by Gasteiger charge is -2.29. The van der Waals surface area contributed by atoms with Crippen molar-refractivity contribution in [2.75, 3.05) is 7.05 Å². The lowest BCUT2D eigenvalue weighted by Crippen LogP contribution is -2.39. The minimum atomic E-state index is -0.805. The highest BCUT2D eigenvalue weighted by molar-refractivity contribution is 5.73. The zero-order valence-electron chi connectivity index (χ0n) is 9.79. The Morgan fingerprint density at radius 3 is 2.69 bits per heavy atom. The van der Waals surface area contributed by atoms with Gasteiger partial charge in [0.25, 0.3) is 0 Å². The Bertz CT molecular complexity index is 342. The summed E-state index contributed by atoms with van der Waals surface area (Å²) in [4.78, 5) is 21.0. The molecule has 1 aromatic rings. The van der Waals surface area contributed by atoms with Crippen LogP contribution in [-0.2, 0) is 4.79 Å². The van der Waals surface area contributed by atoms with E-state index in [0.717, 1.165) is 5.69 Å². The molecule has 0 saturated heterocycles. The molecule has 1 rings (SSSR count). The number of aliphatic carboxylic acids is 1. The maximum atomic E-state index is 11.0. The number of carbonyl (C=O) groups is 1. The van der Waals surface area contributed by atoms with Crippen LogP contribution in [0.15, 0.2) is 18.6 Å². The number of carboxylic acid groups (broad SMARTS) is 1. The summed E-state index contributed by atoms with van der Waals surface area (Å²) in [5.74, 6) is -0.805. The van der Waals surface area contributed by atoms with Gasteiger partial charge >= 0.3 is 5.97 Å². The molecule has 0 saturated carbocycles. The fourth-order valence-corrected chi connectivity index (χ4v) is 1.64. The smallest absolute Gasteiger partial charge is 0.320 e. The molecule has 1 N–H and O–H groups in total. The molecular weight excluding hydrogens is 206 g/mol. The third-order valence-corrected chi connectivity index (χ3v) is 2.79. The summed E-state index contributed by atoms with van der Waals surface area (Å²) in [5.41, 5.74) is 0.782. The van der Waals surface area contributed by atoms with Crippen LogP contribution in [0.5, 0.6) is 0 Å². The van der Waals surface area contributed by atoms with Gasteiger partial charge in [0, 0.05) is 18.6 Å². The second-order valence-corrected chi connectivity index (χ2v) is 3.73. The zero-order valence-corrected chi connectivity index (χ0v) is 9.79. The van der Waals surface area contributed by atoms with Crippen LogP contribution in [0.3, 0.4) is 0 Å². The predicted octanol–water partition coefficient (Wildman–Crippen LogP) is 1.33. The summed E-state index contributed by atoms with van der Waals surface area (Å²) in [6.07, 6.45) is 5.44. The highest BCUT2D eigenvalue weighted by atomic mass is 16.4. The molecule has 5 nitrogen and oxygen atoms in total. The molecule has 88 valence electrons. The molecule has 1 aromatic heterocycles. The van der Waals surface area contributed by atoms with E-state index in [0.29, 0.717) is 6.42 Å². The summed E-state index contributed by atoms with van der Waals surface area (Å²) in [7, 11) is 1.79. The summed E-state index contributed by atoms with van der Waals surface area (Å²) < 4.78 is 0. The number of aromatic nitrogens is 2. The first kappa shape index (κ1) is 12.6. The highest BCUT2D eigenvalue weighted by Gasteiger charge is 2.25. The Hall–Kier alpha value is -1.49. The van der Waals surface area contributed by atoms with Crippen molar-refractivity contribution in [2.24, 2.45) is 0 Å². The van der Waals surface area contributed by atoms with E-state index in [1.54, 1.807) is 30.5 Å². The molecule has 0 aliphatic rings. The van der Waals surface area contributed by atoms with Crippen molar-refractivity contribution < 1.29 is 9.90 Å². The first-order valence-corrected chi connectivity index (χ1v) is 5.28. The molecular formula is C11H17N3O2. The van der Waals surface area contributed by atoms with Gasteiger partial charge in [0.15, 0.2) is 0 Å². The molecule has 0 aromatic carbocycles. The molecule has 2 atom stereocenters. The average Bonchev–Trinajstić information content (AvgIpc) is 2.29. The minimum absolute atomic E-state index is 0.0604. The van der Waals surface area contributed by atoms with Crippen LogP contribution in [0, 0.1) is 0 Å². The van der Waals surface area contributed by atoms with Gasteiger partial charge in [-0.05, 0) is 20.4 Å². The SMILES string of the molecule is CCC(C(=O)O)N(C)C(C)c1cnccn1. The van der Waals surface area contributed by atoms with E-state index in [1.165, 1.54) is 0 Å². The van der Waals surface area contributed by atoms with Crippen molar-refractivity contribution in [3.63, 3.8) is 0 Å². The Kier molecular flexibility index (Phi) is 4.37. The summed E-state index contributed by atoms with van der Waals surface area (Å²) in [6, 6.07) is -0.549. The number of hydrogen-bond donors (Lipinski definition) is 1. The summed E-state index contributed by atoms with van der Waals surface area (Å²) in [6.45, 7) is 3.79. The van der Waals surface area contributed by atoms with Crippen LogP contribution in [-0.4, -0.2) is 39.0 Å². The van der Waals surface area contributed by atoms with E-state index < -0.39 is 12.0 Å². The monoisotopic (exact) mass is 223 g/mol. The van der Waals surface area contributed by atoms with Gasteiger partial charge in [0.05, 0.1) is 11.7 Å². The van der Waals surface area contributed by atoms with E-state index in [-0.39, 0.29) is 6.04 Å². The van der Waals surface area contributed by atoms with Crippen molar-refractivity contribution in [2.45, 2.75) is 32.4 Å². The Morgan fingerprint density at radius 1 is 1.56 bits per heavy atom. The third kappa shape index (κ3) is 2.76. The van der Waals surface area contributed by atoms with Crippen LogP contribution in [0.25, 0.3) is 0 Å². The van der Waals surface area contributed by atoms with Gasteiger partial charge in [-0.15, -0.1) is 0 Å². The number of likely N-dealkylation sites (N-methyl/N-ethyl adjacent to an activating group) is 1. The molecule has 0 aliphatic carbocycles. The lowest BCUT2D eigenvalue weighted by atomic mass is 10.1. The number of rotatable bonds is 5. The van der Waals surface area contributed by atoms with E-state index in [4.69, 9.17) is 5.11 Å². The van der Waals surface area contributed by atoms with Crippen LogP contribution in [0.2, 0.25) is 0 Å². The molecule has 0 fully saturated rings. The van der Waals surface area contributed by atoms with Crippen LogP contribution < -0.4 is 0 Å². The quantitative estimate of drug-likeness (QED) is 0.815. The number of nitrogens with zero attached hydrogens (tertiary/aromatic N) is 3. The minimum Gasteiger partial charge on any atom is -0.480 e. The second kappa shape index (κ2) is 5.55. The van der Waals surface area contributed by atoms with Gasteiger partial charge < -0.3 is 5.11 Å². The third-order valence-electron chi connectivity index (χ3n) is 2.79.